The fraction of sp³-hybridized carbons (Fsp3) is 0.231. The highest BCUT2D eigenvalue weighted by atomic mass is 35.5. The molecule has 92 valence electrons. The standard InChI is InChI=1S/C13H12ClN3S/c1-8-4-2-3-5-9(8)15-13-16-10-6-7-18-11(10)12(14)17-13/h2-5H,6-7H2,1H3,(H,15,16,17). The smallest absolute Gasteiger partial charge is 0.228 e. The normalized spacial score (nSPS) is 13.4. The van der Waals surface area contributed by atoms with Gasteiger partial charge in [-0.25, -0.2) is 4.98 Å². The highest BCUT2D eigenvalue weighted by molar-refractivity contribution is 7.99. The van der Waals surface area contributed by atoms with Gasteiger partial charge in [-0.15, -0.1) is 11.8 Å². The third-order valence-electron chi connectivity index (χ3n) is 2.87. The highest BCUT2D eigenvalue weighted by Gasteiger charge is 2.19. The number of aryl methyl sites for hydroxylation is 2. The van der Waals surface area contributed by atoms with Crippen LogP contribution in [0.25, 0.3) is 0 Å². The third-order valence-corrected chi connectivity index (χ3v) is 4.38. The minimum Gasteiger partial charge on any atom is -0.324 e. The zero-order valence-corrected chi connectivity index (χ0v) is 11.5. The van der Waals surface area contributed by atoms with Crippen LogP contribution in [0.1, 0.15) is 11.3 Å². The van der Waals surface area contributed by atoms with Crippen LogP contribution in [0, 0.1) is 6.92 Å². The number of fused-ring (bicyclic) bond motifs is 1. The van der Waals surface area contributed by atoms with Crippen LogP contribution in [0.3, 0.4) is 0 Å². The van der Waals surface area contributed by atoms with Gasteiger partial charge >= 0.3 is 0 Å². The highest BCUT2D eigenvalue weighted by Crippen LogP contribution is 2.36. The third kappa shape index (κ3) is 2.18. The van der Waals surface area contributed by atoms with Crippen molar-refractivity contribution >= 4 is 35.0 Å². The van der Waals surface area contributed by atoms with Gasteiger partial charge in [0.05, 0.1) is 10.6 Å². The molecule has 0 saturated heterocycles. The number of anilines is 2. The monoisotopic (exact) mass is 277 g/mol. The first kappa shape index (κ1) is 11.8. The molecule has 2 aromatic rings. The number of aromatic nitrogens is 2. The van der Waals surface area contributed by atoms with Crippen molar-refractivity contribution in [2.75, 3.05) is 11.1 Å². The van der Waals surface area contributed by atoms with Gasteiger partial charge in [-0.05, 0) is 18.6 Å². The average molecular weight is 278 g/mol. The van der Waals surface area contributed by atoms with E-state index >= 15 is 0 Å². The minimum absolute atomic E-state index is 0.554. The summed E-state index contributed by atoms with van der Waals surface area (Å²) in [6.45, 7) is 2.05. The molecule has 3 rings (SSSR count). The summed E-state index contributed by atoms with van der Waals surface area (Å²) >= 11 is 7.90. The molecular formula is C13H12ClN3S. The minimum atomic E-state index is 0.554. The Morgan fingerprint density at radius 1 is 1.28 bits per heavy atom. The fourth-order valence-corrected chi connectivity index (χ4v) is 3.25. The van der Waals surface area contributed by atoms with Crippen LogP contribution >= 0.6 is 23.4 Å². The summed E-state index contributed by atoms with van der Waals surface area (Å²) in [4.78, 5) is 9.86. The number of hydrogen-bond donors (Lipinski definition) is 1. The van der Waals surface area contributed by atoms with Crippen molar-refractivity contribution in [1.82, 2.24) is 9.97 Å². The van der Waals surface area contributed by atoms with Crippen LogP contribution < -0.4 is 5.32 Å². The first-order chi connectivity index (χ1) is 8.74. The van der Waals surface area contributed by atoms with E-state index in [4.69, 9.17) is 11.6 Å². The number of rotatable bonds is 2. The maximum atomic E-state index is 6.17. The van der Waals surface area contributed by atoms with E-state index < -0.39 is 0 Å². The second-order valence-corrected chi connectivity index (χ2v) is 5.62. The van der Waals surface area contributed by atoms with Gasteiger partial charge in [0.1, 0.15) is 5.15 Å². The molecule has 0 fully saturated rings. The summed E-state index contributed by atoms with van der Waals surface area (Å²) in [5.74, 6) is 1.62. The van der Waals surface area contributed by atoms with Gasteiger partial charge in [-0.3, -0.25) is 0 Å². The Morgan fingerprint density at radius 3 is 2.94 bits per heavy atom. The van der Waals surface area contributed by atoms with E-state index in [1.54, 1.807) is 11.8 Å². The van der Waals surface area contributed by atoms with Crippen LogP contribution in [0.15, 0.2) is 29.2 Å². The van der Waals surface area contributed by atoms with Gasteiger partial charge < -0.3 is 5.32 Å². The molecule has 1 N–H and O–H groups in total. The lowest BCUT2D eigenvalue weighted by molar-refractivity contribution is 0.982. The fourth-order valence-electron chi connectivity index (χ4n) is 1.92. The Kier molecular flexibility index (Phi) is 3.14. The summed E-state index contributed by atoms with van der Waals surface area (Å²) in [6.07, 6.45) is 0.963. The molecule has 3 nitrogen and oxygen atoms in total. The largest absolute Gasteiger partial charge is 0.324 e. The van der Waals surface area contributed by atoms with Crippen LogP contribution in [0.4, 0.5) is 11.6 Å². The molecule has 0 bridgehead atoms. The predicted octanol–water partition coefficient (Wildman–Crippen LogP) is 3.83. The molecule has 0 amide bonds. The molecule has 0 saturated carbocycles. The van der Waals surface area contributed by atoms with E-state index in [0.29, 0.717) is 11.1 Å². The molecule has 1 aromatic carbocycles. The molecule has 0 spiro atoms. The number of thioether (sulfide) groups is 1. The quantitative estimate of drug-likeness (QED) is 0.847. The van der Waals surface area contributed by atoms with E-state index in [1.807, 2.05) is 31.2 Å². The van der Waals surface area contributed by atoms with Crippen molar-refractivity contribution in [2.45, 2.75) is 18.2 Å². The van der Waals surface area contributed by atoms with Crippen molar-refractivity contribution in [3.63, 3.8) is 0 Å². The number of nitrogens with zero attached hydrogens (tertiary/aromatic N) is 2. The van der Waals surface area contributed by atoms with Gasteiger partial charge in [-0.2, -0.15) is 4.98 Å². The Balaban J connectivity index is 1.95. The lowest BCUT2D eigenvalue weighted by atomic mass is 10.2. The van der Waals surface area contributed by atoms with E-state index in [0.717, 1.165) is 34.0 Å². The molecule has 1 aromatic heterocycles. The SMILES string of the molecule is Cc1ccccc1Nc1nc(Cl)c2c(n1)CCS2. The van der Waals surface area contributed by atoms with Crippen molar-refractivity contribution < 1.29 is 0 Å². The Hall–Kier alpha value is -1.26. The number of hydrogen-bond acceptors (Lipinski definition) is 4. The van der Waals surface area contributed by atoms with Crippen LogP contribution in [0.5, 0.6) is 0 Å². The van der Waals surface area contributed by atoms with Crippen molar-refractivity contribution in [1.29, 1.82) is 0 Å². The molecule has 0 radical (unpaired) electrons. The first-order valence-corrected chi connectivity index (χ1v) is 7.12. The maximum absolute atomic E-state index is 6.17. The van der Waals surface area contributed by atoms with Gasteiger partial charge in [-0.1, -0.05) is 29.8 Å². The number of benzene rings is 1. The molecule has 5 heteroatoms. The first-order valence-electron chi connectivity index (χ1n) is 5.76. The zero-order chi connectivity index (χ0) is 12.5. The van der Waals surface area contributed by atoms with E-state index in [2.05, 4.69) is 15.3 Å². The number of para-hydroxylation sites is 1. The zero-order valence-electron chi connectivity index (χ0n) is 9.90. The van der Waals surface area contributed by atoms with Gasteiger partial charge in [0.2, 0.25) is 5.95 Å². The summed E-state index contributed by atoms with van der Waals surface area (Å²) in [6, 6.07) is 8.05. The van der Waals surface area contributed by atoms with Gasteiger partial charge in [0.25, 0.3) is 0 Å². The number of halogens is 1. The second kappa shape index (κ2) is 4.78. The Bertz CT molecular complexity index is 601. The molecule has 18 heavy (non-hydrogen) atoms. The molecular weight excluding hydrogens is 266 g/mol. The van der Waals surface area contributed by atoms with Crippen LogP contribution in [-0.2, 0) is 6.42 Å². The lowest BCUT2D eigenvalue weighted by Crippen LogP contribution is -2.01. The van der Waals surface area contributed by atoms with Crippen molar-refractivity contribution in [3.8, 4) is 0 Å². The van der Waals surface area contributed by atoms with Crippen LogP contribution in [-0.4, -0.2) is 15.7 Å². The summed E-state index contributed by atoms with van der Waals surface area (Å²) in [5.41, 5.74) is 3.22. The molecule has 1 aliphatic rings. The predicted molar refractivity (Wildman–Crippen MR) is 75.9 cm³/mol. The maximum Gasteiger partial charge on any atom is 0.228 e. The average Bonchev–Trinajstić information content (AvgIpc) is 2.81. The lowest BCUT2D eigenvalue weighted by Gasteiger charge is -2.09. The van der Waals surface area contributed by atoms with E-state index in [-0.39, 0.29) is 0 Å². The summed E-state index contributed by atoms with van der Waals surface area (Å²) in [7, 11) is 0. The molecule has 0 atom stereocenters. The molecule has 1 aliphatic heterocycles. The van der Waals surface area contributed by atoms with Crippen molar-refractivity contribution in [3.05, 3.63) is 40.7 Å². The Labute approximate surface area is 115 Å². The second-order valence-electron chi connectivity index (χ2n) is 4.15. The van der Waals surface area contributed by atoms with Crippen LogP contribution in [0.2, 0.25) is 5.15 Å². The molecule has 0 aliphatic carbocycles. The van der Waals surface area contributed by atoms with Gasteiger partial charge in [0.15, 0.2) is 0 Å². The number of nitrogens with one attached hydrogen (secondary N) is 1. The Morgan fingerprint density at radius 2 is 2.11 bits per heavy atom. The molecule has 2 heterocycles. The van der Waals surface area contributed by atoms with E-state index in [1.165, 1.54) is 0 Å². The summed E-state index contributed by atoms with van der Waals surface area (Å²) < 4.78 is 0. The molecule has 0 unspecified atom stereocenters. The van der Waals surface area contributed by atoms with Gasteiger partial charge in [0, 0.05) is 17.9 Å². The van der Waals surface area contributed by atoms with E-state index in [9.17, 15) is 0 Å². The topological polar surface area (TPSA) is 37.8 Å². The van der Waals surface area contributed by atoms with Crippen molar-refractivity contribution in [2.24, 2.45) is 0 Å². The summed E-state index contributed by atoms with van der Waals surface area (Å²) in [5, 5.41) is 3.78.